The van der Waals surface area contributed by atoms with Gasteiger partial charge in [-0.3, -0.25) is 0 Å². The maximum absolute atomic E-state index is 5.21. The van der Waals surface area contributed by atoms with Crippen molar-refractivity contribution >= 4 is 11.8 Å². The van der Waals surface area contributed by atoms with Gasteiger partial charge in [0, 0.05) is 17.5 Å². The van der Waals surface area contributed by atoms with Crippen LogP contribution >= 0.6 is 11.8 Å². The maximum Gasteiger partial charge on any atom is 0.118 e. The molecule has 0 aliphatic carbocycles. The summed E-state index contributed by atoms with van der Waals surface area (Å²) in [5.74, 6) is 3.01. The third kappa shape index (κ3) is 4.51. The highest BCUT2D eigenvalue weighted by Gasteiger charge is 2.09. The molecule has 0 saturated heterocycles. The minimum atomic E-state index is 0.366. The highest BCUT2D eigenvalue weighted by Crippen LogP contribution is 2.23. The zero-order valence-electron chi connectivity index (χ0n) is 12.9. The molecule has 0 aliphatic heterocycles. The molecule has 1 unspecified atom stereocenters. The van der Waals surface area contributed by atoms with Crippen LogP contribution in [0.2, 0.25) is 0 Å². The molecule has 0 saturated carbocycles. The molecule has 1 atom stereocenters. The van der Waals surface area contributed by atoms with Crippen LogP contribution in [0.3, 0.4) is 0 Å². The van der Waals surface area contributed by atoms with Crippen molar-refractivity contribution in [1.29, 1.82) is 0 Å². The lowest BCUT2D eigenvalue weighted by Crippen LogP contribution is -2.18. The van der Waals surface area contributed by atoms with Crippen molar-refractivity contribution in [3.8, 4) is 5.75 Å². The van der Waals surface area contributed by atoms with Gasteiger partial charge in [-0.2, -0.15) is 11.8 Å². The molecular weight excluding hydrogens is 278 g/mol. The second kappa shape index (κ2) is 8.11. The van der Waals surface area contributed by atoms with Crippen molar-refractivity contribution < 1.29 is 4.74 Å². The molecule has 21 heavy (non-hydrogen) atoms. The molecule has 2 aromatic rings. The van der Waals surface area contributed by atoms with Gasteiger partial charge < -0.3 is 10.1 Å². The summed E-state index contributed by atoms with van der Waals surface area (Å²) in [6.45, 7) is 2.18. The number of hydrogen-bond acceptors (Lipinski definition) is 3. The topological polar surface area (TPSA) is 21.3 Å². The fourth-order valence-electron chi connectivity index (χ4n) is 2.24. The number of rotatable bonds is 7. The summed E-state index contributed by atoms with van der Waals surface area (Å²) >= 11 is 1.96. The lowest BCUT2D eigenvalue weighted by molar-refractivity contribution is 0.414. The Labute approximate surface area is 131 Å². The van der Waals surface area contributed by atoms with E-state index in [-0.39, 0.29) is 0 Å². The molecule has 112 valence electrons. The second-order valence-electron chi connectivity index (χ2n) is 5.06. The van der Waals surface area contributed by atoms with E-state index in [1.165, 1.54) is 16.7 Å². The summed E-state index contributed by atoms with van der Waals surface area (Å²) in [5.41, 5.74) is 4.10. The van der Waals surface area contributed by atoms with E-state index in [9.17, 15) is 0 Å². The summed E-state index contributed by atoms with van der Waals surface area (Å²) in [4.78, 5) is 0. The molecule has 0 spiro atoms. The largest absolute Gasteiger partial charge is 0.497 e. The van der Waals surface area contributed by atoms with Crippen LogP contribution < -0.4 is 10.1 Å². The van der Waals surface area contributed by atoms with E-state index in [1.54, 1.807) is 7.11 Å². The van der Waals surface area contributed by atoms with Crippen LogP contribution in [0.5, 0.6) is 5.75 Å². The Kier molecular flexibility index (Phi) is 6.15. The van der Waals surface area contributed by atoms with E-state index in [2.05, 4.69) is 48.6 Å². The van der Waals surface area contributed by atoms with Gasteiger partial charge in [0.1, 0.15) is 5.75 Å². The number of benzene rings is 2. The van der Waals surface area contributed by atoms with Crippen molar-refractivity contribution in [3.05, 3.63) is 65.2 Å². The number of methoxy groups -OCH3 is 1. The summed E-state index contributed by atoms with van der Waals surface area (Å²) < 4.78 is 5.21. The Balaban J connectivity index is 1.91. The Morgan fingerprint density at radius 1 is 1.10 bits per heavy atom. The molecule has 0 heterocycles. The van der Waals surface area contributed by atoms with Crippen LogP contribution in [0, 0.1) is 6.92 Å². The van der Waals surface area contributed by atoms with Crippen LogP contribution in [0.15, 0.2) is 48.5 Å². The predicted octanol–water partition coefficient (Wildman–Crippen LogP) is 4.20. The number of nitrogens with one attached hydrogen (secondary N) is 1. The van der Waals surface area contributed by atoms with Gasteiger partial charge in [0.05, 0.1) is 7.11 Å². The maximum atomic E-state index is 5.21. The first-order chi connectivity index (χ1) is 10.2. The van der Waals surface area contributed by atoms with Gasteiger partial charge >= 0.3 is 0 Å². The lowest BCUT2D eigenvalue weighted by Gasteiger charge is -2.17. The minimum Gasteiger partial charge on any atom is -0.497 e. The van der Waals surface area contributed by atoms with Crippen molar-refractivity contribution in [2.45, 2.75) is 18.7 Å². The summed E-state index contributed by atoms with van der Waals surface area (Å²) in [5, 5.41) is 3.40. The first-order valence-electron chi connectivity index (χ1n) is 7.18. The summed E-state index contributed by atoms with van der Waals surface area (Å²) in [6.07, 6.45) is 0. The van der Waals surface area contributed by atoms with Crippen molar-refractivity contribution in [3.63, 3.8) is 0 Å². The number of aryl methyl sites for hydroxylation is 1. The van der Waals surface area contributed by atoms with E-state index < -0.39 is 0 Å². The van der Waals surface area contributed by atoms with Gasteiger partial charge in [0.25, 0.3) is 0 Å². The average molecular weight is 301 g/mol. The van der Waals surface area contributed by atoms with Gasteiger partial charge in [0.2, 0.25) is 0 Å². The Hall–Kier alpha value is -1.45. The van der Waals surface area contributed by atoms with Gasteiger partial charge in [-0.15, -0.1) is 0 Å². The van der Waals surface area contributed by atoms with Gasteiger partial charge in [-0.05, 0) is 42.8 Å². The zero-order chi connectivity index (χ0) is 15.1. The average Bonchev–Trinajstić information content (AvgIpc) is 2.53. The van der Waals surface area contributed by atoms with E-state index in [4.69, 9.17) is 4.74 Å². The highest BCUT2D eigenvalue weighted by molar-refractivity contribution is 7.98. The molecule has 2 aromatic carbocycles. The summed E-state index contributed by atoms with van der Waals surface area (Å²) in [7, 11) is 3.71. The van der Waals surface area contributed by atoms with Crippen LogP contribution in [-0.4, -0.2) is 19.9 Å². The van der Waals surface area contributed by atoms with Crippen molar-refractivity contribution in [2.75, 3.05) is 19.9 Å². The smallest absolute Gasteiger partial charge is 0.118 e. The van der Waals surface area contributed by atoms with Crippen molar-refractivity contribution in [1.82, 2.24) is 5.32 Å². The molecule has 1 N–H and O–H groups in total. The number of ether oxygens (including phenoxy) is 1. The normalized spacial score (nSPS) is 12.1. The minimum absolute atomic E-state index is 0.366. The Morgan fingerprint density at radius 2 is 1.81 bits per heavy atom. The third-order valence-electron chi connectivity index (χ3n) is 3.67. The first kappa shape index (κ1) is 15.9. The first-order valence-corrected chi connectivity index (χ1v) is 8.33. The monoisotopic (exact) mass is 301 g/mol. The van der Waals surface area contributed by atoms with Crippen molar-refractivity contribution in [2.24, 2.45) is 0 Å². The van der Waals surface area contributed by atoms with Crippen LogP contribution in [0.25, 0.3) is 0 Å². The van der Waals surface area contributed by atoms with Gasteiger partial charge in [-0.1, -0.05) is 36.4 Å². The van der Waals surface area contributed by atoms with E-state index in [0.29, 0.717) is 6.04 Å². The number of hydrogen-bond donors (Lipinski definition) is 1. The molecule has 0 bridgehead atoms. The molecule has 0 aromatic heterocycles. The lowest BCUT2D eigenvalue weighted by atomic mass is 10.1. The molecule has 0 fully saturated rings. The molecule has 0 amide bonds. The molecule has 2 nitrogen and oxygen atoms in total. The van der Waals surface area contributed by atoms with E-state index in [1.807, 2.05) is 30.9 Å². The zero-order valence-corrected chi connectivity index (χ0v) is 13.7. The second-order valence-corrected chi connectivity index (χ2v) is 6.09. The van der Waals surface area contributed by atoms with Gasteiger partial charge in [-0.25, -0.2) is 0 Å². The Bertz CT molecular complexity index is 553. The van der Waals surface area contributed by atoms with E-state index in [0.717, 1.165) is 17.3 Å². The predicted molar refractivity (Wildman–Crippen MR) is 92.1 cm³/mol. The fourth-order valence-corrected chi connectivity index (χ4v) is 3.50. The molecule has 3 heteroatoms. The van der Waals surface area contributed by atoms with Crippen LogP contribution in [0.4, 0.5) is 0 Å². The fraction of sp³-hybridized carbons (Fsp3) is 0.333. The van der Waals surface area contributed by atoms with Crippen LogP contribution in [-0.2, 0) is 5.75 Å². The highest BCUT2D eigenvalue weighted by atomic mass is 32.2. The molecule has 2 rings (SSSR count). The molecule has 0 radical (unpaired) electrons. The van der Waals surface area contributed by atoms with E-state index >= 15 is 0 Å². The van der Waals surface area contributed by atoms with Crippen LogP contribution in [0.1, 0.15) is 22.7 Å². The SMILES string of the molecule is CNC(CSCc1ccccc1C)c1ccc(OC)cc1. The molecular formula is C18H23NOS. The standard InChI is InChI=1S/C18H23NOS/c1-14-6-4-5-7-16(14)12-21-13-18(19-2)15-8-10-17(20-3)11-9-15/h4-11,18-19H,12-13H2,1-3H3. The third-order valence-corrected chi connectivity index (χ3v) is 4.75. The quantitative estimate of drug-likeness (QED) is 0.828. The van der Waals surface area contributed by atoms with Gasteiger partial charge in [0.15, 0.2) is 0 Å². The number of thioether (sulfide) groups is 1. The Morgan fingerprint density at radius 3 is 2.43 bits per heavy atom. The summed E-state index contributed by atoms with van der Waals surface area (Å²) in [6, 6.07) is 17.3. The molecule has 0 aliphatic rings.